The molecular formula is C28H31ClN2O3S. The zero-order chi connectivity index (χ0) is 25.1. The predicted molar refractivity (Wildman–Crippen MR) is 142 cm³/mol. The van der Waals surface area contributed by atoms with Gasteiger partial charge in [0.05, 0.1) is 6.04 Å². The third-order valence-corrected chi connectivity index (χ3v) is 7.86. The van der Waals surface area contributed by atoms with E-state index in [9.17, 15) is 9.59 Å². The van der Waals surface area contributed by atoms with Crippen LogP contribution < -0.4 is 4.74 Å². The molecule has 2 heterocycles. The quantitative estimate of drug-likeness (QED) is 0.387. The molecule has 0 spiro atoms. The average molecular weight is 511 g/mol. The number of hydrogen-bond donors (Lipinski definition) is 0. The highest BCUT2D eigenvalue weighted by atomic mass is 35.5. The van der Waals surface area contributed by atoms with Crippen molar-refractivity contribution in [3.05, 3.63) is 86.1 Å². The third kappa shape index (κ3) is 5.71. The highest BCUT2D eigenvalue weighted by molar-refractivity contribution is 7.10. The molecule has 1 aliphatic rings. The normalized spacial score (nSPS) is 15.1. The second kappa shape index (κ2) is 10.8. The second-order valence-corrected chi connectivity index (χ2v) is 10.7. The van der Waals surface area contributed by atoms with Gasteiger partial charge in [-0.3, -0.25) is 9.59 Å². The molecule has 0 saturated carbocycles. The zero-order valence-electron chi connectivity index (χ0n) is 20.6. The first-order chi connectivity index (χ1) is 16.7. The molecule has 1 aromatic heterocycles. The van der Waals surface area contributed by atoms with Gasteiger partial charge in [-0.25, -0.2) is 0 Å². The summed E-state index contributed by atoms with van der Waals surface area (Å²) in [5.41, 5.74) is 3.75. The first-order valence-electron chi connectivity index (χ1n) is 11.9. The van der Waals surface area contributed by atoms with Crippen LogP contribution in [0.3, 0.4) is 0 Å². The number of fused-ring (bicyclic) bond motifs is 1. The van der Waals surface area contributed by atoms with Crippen LogP contribution in [0.2, 0.25) is 5.02 Å². The van der Waals surface area contributed by atoms with Crippen molar-refractivity contribution in [2.24, 2.45) is 0 Å². The number of aryl methyl sites for hydroxylation is 2. The summed E-state index contributed by atoms with van der Waals surface area (Å²) >= 11 is 7.87. The van der Waals surface area contributed by atoms with Crippen molar-refractivity contribution < 1.29 is 14.3 Å². The van der Waals surface area contributed by atoms with Crippen LogP contribution in [-0.2, 0) is 11.2 Å². The fourth-order valence-electron chi connectivity index (χ4n) is 4.34. The van der Waals surface area contributed by atoms with E-state index in [0.29, 0.717) is 23.7 Å². The van der Waals surface area contributed by atoms with E-state index in [1.807, 2.05) is 75.1 Å². The molecule has 0 N–H and O–H groups in total. The molecule has 0 radical (unpaired) electrons. The molecule has 1 aliphatic heterocycles. The minimum atomic E-state index is -0.211. The van der Waals surface area contributed by atoms with Gasteiger partial charge in [0, 0.05) is 28.0 Å². The lowest BCUT2D eigenvalue weighted by atomic mass is 10.00. The van der Waals surface area contributed by atoms with Crippen LogP contribution >= 0.6 is 22.9 Å². The summed E-state index contributed by atoms with van der Waals surface area (Å²) in [5.74, 6) is 0.517. The fourth-order valence-corrected chi connectivity index (χ4v) is 5.39. The Hall–Kier alpha value is -2.83. The Kier molecular flexibility index (Phi) is 7.82. The minimum absolute atomic E-state index is 0.0282. The van der Waals surface area contributed by atoms with Gasteiger partial charge in [0.25, 0.3) is 5.91 Å². The van der Waals surface area contributed by atoms with E-state index < -0.39 is 0 Å². The van der Waals surface area contributed by atoms with Crippen LogP contribution in [0.25, 0.3) is 0 Å². The van der Waals surface area contributed by atoms with E-state index in [0.717, 1.165) is 28.9 Å². The van der Waals surface area contributed by atoms with Crippen molar-refractivity contribution in [3.63, 3.8) is 0 Å². The van der Waals surface area contributed by atoms with Crippen LogP contribution in [0.15, 0.2) is 53.9 Å². The number of thiophene rings is 1. The molecule has 2 amide bonds. The monoisotopic (exact) mass is 510 g/mol. The van der Waals surface area contributed by atoms with Gasteiger partial charge < -0.3 is 14.5 Å². The fraction of sp³-hybridized carbons (Fsp3) is 0.357. The maximum absolute atomic E-state index is 13.6. The third-order valence-electron chi connectivity index (χ3n) is 6.44. The van der Waals surface area contributed by atoms with Crippen molar-refractivity contribution in [1.82, 2.24) is 9.80 Å². The molecule has 0 fully saturated rings. The van der Waals surface area contributed by atoms with Gasteiger partial charge in [-0.2, -0.15) is 0 Å². The number of carbonyl (C=O) groups is 2. The van der Waals surface area contributed by atoms with E-state index in [1.165, 1.54) is 4.88 Å². The molecule has 0 unspecified atom stereocenters. The first-order valence-corrected chi connectivity index (χ1v) is 13.1. The average Bonchev–Trinajstić information content (AvgIpc) is 3.32. The summed E-state index contributed by atoms with van der Waals surface area (Å²) in [6.45, 7) is 8.77. The van der Waals surface area contributed by atoms with E-state index >= 15 is 0 Å². The molecule has 184 valence electrons. The van der Waals surface area contributed by atoms with E-state index in [-0.39, 0.29) is 30.4 Å². The van der Waals surface area contributed by atoms with Gasteiger partial charge >= 0.3 is 0 Å². The highest BCUT2D eigenvalue weighted by Crippen LogP contribution is 2.34. The highest BCUT2D eigenvalue weighted by Gasteiger charge is 2.34. The van der Waals surface area contributed by atoms with Gasteiger partial charge in [0.2, 0.25) is 5.91 Å². The van der Waals surface area contributed by atoms with Crippen LogP contribution in [0.4, 0.5) is 0 Å². The van der Waals surface area contributed by atoms with Crippen LogP contribution in [0, 0.1) is 13.8 Å². The molecule has 2 aromatic carbocycles. The van der Waals surface area contributed by atoms with Crippen molar-refractivity contribution in [1.29, 1.82) is 0 Å². The Morgan fingerprint density at radius 2 is 1.89 bits per heavy atom. The summed E-state index contributed by atoms with van der Waals surface area (Å²) in [7, 11) is 0. The Balaban J connectivity index is 1.53. The molecule has 4 rings (SSSR count). The Bertz CT molecular complexity index is 1210. The molecule has 3 aromatic rings. The molecular weight excluding hydrogens is 480 g/mol. The summed E-state index contributed by atoms with van der Waals surface area (Å²) in [6, 6.07) is 14.8. The largest absolute Gasteiger partial charge is 0.491 e. The number of amides is 2. The molecule has 0 bridgehead atoms. The maximum atomic E-state index is 13.6. The Labute approximate surface area is 216 Å². The molecule has 1 atom stereocenters. The standard InChI is InChI=1S/C28H31ClN2O3S/c1-18(2)31(28(33)21-7-5-19(3)6-8-21)16-27(32)30-13-11-26-23(12-14-35-26)25(30)17-34-22-9-10-24(29)20(4)15-22/h5-10,12,14-15,18,25H,11,13,16-17H2,1-4H3/t25-/m1/s1. The number of rotatable bonds is 7. The van der Waals surface area contributed by atoms with Gasteiger partial charge in [0.1, 0.15) is 18.9 Å². The summed E-state index contributed by atoms with van der Waals surface area (Å²) in [5, 5.41) is 2.76. The second-order valence-electron chi connectivity index (χ2n) is 9.27. The summed E-state index contributed by atoms with van der Waals surface area (Å²) in [4.78, 5) is 31.7. The van der Waals surface area contributed by atoms with Crippen molar-refractivity contribution in [3.8, 4) is 5.75 Å². The number of halogens is 1. The smallest absolute Gasteiger partial charge is 0.254 e. The topological polar surface area (TPSA) is 49.9 Å². The van der Waals surface area contributed by atoms with E-state index in [4.69, 9.17) is 16.3 Å². The molecule has 7 heteroatoms. The minimum Gasteiger partial charge on any atom is -0.491 e. The van der Waals surface area contributed by atoms with Gasteiger partial charge in [-0.05, 0) is 87.0 Å². The number of carbonyl (C=O) groups excluding carboxylic acids is 2. The Morgan fingerprint density at radius 3 is 2.57 bits per heavy atom. The summed E-state index contributed by atoms with van der Waals surface area (Å²) in [6.07, 6.45) is 0.808. The van der Waals surface area contributed by atoms with Gasteiger partial charge in [-0.15, -0.1) is 11.3 Å². The molecule has 0 saturated heterocycles. The lowest BCUT2D eigenvalue weighted by Gasteiger charge is -2.37. The van der Waals surface area contributed by atoms with Crippen LogP contribution in [0.5, 0.6) is 5.75 Å². The molecule has 5 nitrogen and oxygen atoms in total. The molecule has 0 aliphatic carbocycles. The van der Waals surface area contributed by atoms with Crippen LogP contribution in [-0.4, -0.2) is 47.4 Å². The van der Waals surface area contributed by atoms with Crippen molar-refractivity contribution >= 4 is 34.8 Å². The Morgan fingerprint density at radius 1 is 1.14 bits per heavy atom. The van der Waals surface area contributed by atoms with Crippen molar-refractivity contribution in [2.45, 2.75) is 46.2 Å². The summed E-state index contributed by atoms with van der Waals surface area (Å²) < 4.78 is 6.14. The molecule has 35 heavy (non-hydrogen) atoms. The lowest BCUT2D eigenvalue weighted by molar-refractivity contribution is -0.136. The predicted octanol–water partition coefficient (Wildman–Crippen LogP) is 6.07. The number of nitrogens with zero attached hydrogens (tertiary/aromatic N) is 2. The van der Waals surface area contributed by atoms with E-state index in [1.54, 1.807) is 16.2 Å². The zero-order valence-corrected chi connectivity index (χ0v) is 22.2. The number of hydrogen-bond acceptors (Lipinski definition) is 4. The van der Waals surface area contributed by atoms with Gasteiger partial charge in [0.15, 0.2) is 0 Å². The van der Waals surface area contributed by atoms with Gasteiger partial charge in [-0.1, -0.05) is 29.3 Å². The van der Waals surface area contributed by atoms with Crippen LogP contribution in [0.1, 0.15) is 51.8 Å². The maximum Gasteiger partial charge on any atom is 0.254 e. The first kappa shape index (κ1) is 25.3. The SMILES string of the molecule is Cc1ccc(C(=O)N(CC(=O)N2CCc3sccc3[C@H]2COc2ccc(Cl)c(C)c2)C(C)C)cc1. The number of benzene rings is 2. The van der Waals surface area contributed by atoms with Crippen molar-refractivity contribution in [2.75, 3.05) is 19.7 Å². The lowest BCUT2D eigenvalue weighted by Crippen LogP contribution is -2.49. The van der Waals surface area contributed by atoms with E-state index in [2.05, 4.69) is 11.4 Å². The number of ether oxygens (including phenoxy) is 1.